The molecule has 2 aromatic carbocycles. The highest BCUT2D eigenvalue weighted by Gasteiger charge is 2.03. The van der Waals surface area contributed by atoms with Crippen LogP contribution in [0.5, 0.6) is 11.5 Å². The number of phenolic OH excluding ortho intramolecular Hbond substituents is 1. The molecule has 0 aliphatic heterocycles. The summed E-state index contributed by atoms with van der Waals surface area (Å²) >= 11 is 0. The molecule has 0 saturated heterocycles. The van der Waals surface area contributed by atoms with Gasteiger partial charge in [-0.3, -0.25) is 0 Å². The minimum Gasteiger partial charge on any atom is -0.508 e. The van der Waals surface area contributed by atoms with Crippen molar-refractivity contribution in [2.45, 2.75) is 19.4 Å². The number of hydrogen-bond donors (Lipinski definition) is 2. The van der Waals surface area contributed by atoms with Crippen molar-refractivity contribution in [3.8, 4) is 11.5 Å². The number of phenols is 1. The maximum Gasteiger partial charge on any atom is 0.119 e. The summed E-state index contributed by atoms with van der Waals surface area (Å²) in [7, 11) is 0. The number of aromatic hydroxyl groups is 1. The average molecular weight is 271 g/mol. The molecule has 3 nitrogen and oxygen atoms in total. The number of para-hydroxylation sites is 1. The van der Waals surface area contributed by atoms with Crippen LogP contribution in [-0.2, 0) is 6.42 Å². The van der Waals surface area contributed by atoms with Crippen LogP contribution in [-0.4, -0.2) is 24.3 Å². The normalized spacial score (nSPS) is 12.1. The molecule has 0 aliphatic carbocycles. The minimum absolute atomic E-state index is 0.311. The summed E-state index contributed by atoms with van der Waals surface area (Å²) in [5, 5.41) is 12.7. The molecule has 2 rings (SSSR count). The predicted octanol–water partition coefficient (Wildman–Crippen LogP) is 2.99. The largest absolute Gasteiger partial charge is 0.508 e. The summed E-state index contributed by atoms with van der Waals surface area (Å²) in [4.78, 5) is 0. The lowest BCUT2D eigenvalue weighted by atomic mass is 10.1. The number of benzene rings is 2. The molecule has 1 atom stereocenters. The molecule has 3 heteroatoms. The van der Waals surface area contributed by atoms with E-state index in [1.54, 1.807) is 12.1 Å². The van der Waals surface area contributed by atoms with Gasteiger partial charge in [-0.1, -0.05) is 30.3 Å². The molecule has 2 N–H and O–H groups in total. The van der Waals surface area contributed by atoms with Crippen molar-refractivity contribution < 1.29 is 9.84 Å². The summed E-state index contributed by atoms with van der Waals surface area (Å²) in [5.41, 5.74) is 1.21. The van der Waals surface area contributed by atoms with Gasteiger partial charge in [-0.25, -0.2) is 0 Å². The predicted molar refractivity (Wildman–Crippen MR) is 81.2 cm³/mol. The van der Waals surface area contributed by atoms with Crippen LogP contribution < -0.4 is 10.1 Å². The van der Waals surface area contributed by atoms with Crippen LogP contribution >= 0.6 is 0 Å². The first-order valence-electron chi connectivity index (χ1n) is 6.93. The van der Waals surface area contributed by atoms with Gasteiger partial charge >= 0.3 is 0 Å². The Bertz CT molecular complexity index is 496. The van der Waals surface area contributed by atoms with E-state index < -0.39 is 0 Å². The van der Waals surface area contributed by atoms with Gasteiger partial charge in [-0.2, -0.15) is 0 Å². The van der Waals surface area contributed by atoms with E-state index >= 15 is 0 Å². The fourth-order valence-corrected chi connectivity index (χ4v) is 2.05. The van der Waals surface area contributed by atoms with Crippen LogP contribution in [0.25, 0.3) is 0 Å². The van der Waals surface area contributed by atoms with Crippen molar-refractivity contribution in [1.82, 2.24) is 5.32 Å². The molecule has 0 amide bonds. The Morgan fingerprint density at radius 3 is 2.45 bits per heavy atom. The molecule has 0 heterocycles. The van der Waals surface area contributed by atoms with E-state index in [0.29, 0.717) is 18.4 Å². The molecule has 20 heavy (non-hydrogen) atoms. The van der Waals surface area contributed by atoms with Gasteiger partial charge in [0.15, 0.2) is 0 Å². The van der Waals surface area contributed by atoms with Crippen LogP contribution in [0.15, 0.2) is 54.6 Å². The van der Waals surface area contributed by atoms with Crippen molar-refractivity contribution >= 4 is 0 Å². The molecule has 2 aromatic rings. The zero-order chi connectivity index (χ0) is 14.2. The quantitative estimate of drug-likeness (QED) is 0.761. The molecular formula is C17H21NO2. The Balaban J connectivity index is 1.65. The van der Waals surface area contributed by atoms with Gasteiger partial charge in [0.25, 0.3) is 0 Å². The lowest BCUT2D eigenvalue weighted by Gasteiger charge is -2.14. The zero-order valence-corrected chi connectivity index (χ0v) is 11.8. The first kappa shape index (κ1) is 14.4. The third-order valence-corrected chi connectivity index (χ3v) is 3.09. The van der Waals surface area contributed by atoms with E-state index in [4.69, 9.17) is 4.74 Å². The molecule has 0 fully saturated rings. The topological polar surface area (TPSA) is 41.5 Å². The summed E-state index contributed by atoms with van der Waals surface area (Å²) in [6.45, 7) is 3.62. The summed E-state index contributed by atoms with van der Waals surface area (Å²) < 4.78 is 5.63. The lowest BCUT2D eigenvalue weighted by Crippen LogP contribution is -2.31. The number of ether oxygens (including phenoxy) is 1. The Labute approximate surface area is 120 Å². The average Bonchev–Trinajstić information content (AvgIpc) is 2.47. The van der Waals surface area contributed by atoms with Gasteiger partial charge < -0.3 is 15.2 Å². The van der Waals surface area contributed by atoms with Crippen LogP contribution in [0.4, 0.5) is 0 Å². The van der Waals surface area contributed by atoms with Crippen LogP contribution in [0, 0.1) is 0 Å². The Kier molecular flexibility index (Phi) is 5.44. The Morgan fingerprint density at radius 1 is 1.05 bits per heavy atom. The van der Waals surface area contributed by atoms with Gasteiger partial charge in [0.05, 0.1) is 0 Å². The highest BCUT2D eigenvalue weighted by atomic mass is 16.5. The molecular weight excluding hydrogens is 250 g/mol. The van der Waals surface area contributed by atoms with Gasteiger partial charge in [0.1, 0.15) is 18.1 Å². The van der Waals surface area contributed by atoms with Crippen molar-refractivity contribution in [1.29, 1.82) is 0 Å². The van der Waals surface area contributed by atoms with Crippen LogP contribution in [0.3, 0.4) is 0 Å². The summed E-state index contributed by atoms with van der Waals surface area (Å²) in [6.07, 6.45) is 0.936. The smallest absolute Gasteiger partial charge is 0.119 e. The third kappa shape index (κ3) is 4.94. The van der Waals surface area contributed by atoms with Crippen molar-refractivity contribution in [2.24, 2.45) is 0 Å². The third-order valence-electron chi connectivity index (χ3n) is 3.09. The van der Waals surface area contributed by atoms with Gasteiger partial charge in [0.2, 0.25) is 0 Å². The molecule has 0 aliphatic rings. The SMILES string of the molecule is CC(Cc1ccc(O)cc1)NCCOc1ccccc1. The fraction of sp³-hybridized carbons (Fsp3) is 0.294. The first-order valence-corrected chi connectivity index (χ1v) is 6.93. The highest BCUT2D eigenvalue weighted by Crippen LogP contribution is 2.11. The van der Waals surface area contributed by atoms with E-state index in [1.807, 2.05) is 42.5 Å². The molecule has 0 saturated carbocycles. The standard InChI is InChI=1S/C17H21NO2/c1-14(13-15-7-9-16(19)10-8-15)18-11-12-20-17-5-3-2-4-6-17/h2-10,14,18-19H,11-13H2,1H3. The van der Waals surface area contributed by atoms with Gasteiger partial charge in [-0.15, -0.1) is 0 Å². The van der Waals surface area contributed by atoms with E-state index in [-0.39, 0.29) is 0 Å². The summed E-state index contributed by atoms with van der Waals surface area (Å²) in [5.74, 6) is 1.21. The van der Waals surface area contributed by atoms with E-state index in [2.05, 4.69) is 12.2 Å². The molecule has 0 bridgehead atoms. The first-order chi connectivity index (χ1) is 9.74. The minimum atomic E-state index is 0.311. The van der Waals surface area contributed by atoms with Crippen molar-refractivity contribution in [2.75, 3.05) is 13.2 Å². The maximum absolute atomic E-state index is 9.24. The van der Waals surface area contributed by atoms with Gasteiger partial charge in [0, 0.05) is 12.6 Å². The fourth-order valence-electron chi connectivity index (χ4n) is 2.05. The second-order valence-electron chi connectivity index (χ2n) is 4.89. The molecule has 106 valence electrons. The van der Waals surface area contributed by atoms with Crippen molar-refractivity contribution in [3.05, 3.63) is 60.2 Å². The molecule has 0 spiro atoms. The lowest BCUT2D eigenvalue weighted by molar-refractivity contribution is 0.306. The van der Waals surface area contributed by atoms with E-state index in [1.165, 1.54) is 5.56 Å². The van der Waals surface area contributed by atoms with Crippen LogP contribution in [0.1, 0.15) is 12.5 Å². The van der Waals surface area contributed by atoms with Crippen molar-refractivity contribution in [3.63, 3.8) is 0 Å². The maximum atomic E-state index is 9.24. The second kappa shape index (κ2) is 7.56. The molecule has 1 unspecified atom stereocenters. The zero-order valence-electron chi connectivity index (χ0n) is 11.8. The summed E-state index contributed by atoms with van der Waals surface area (Å²) in [6, 6.07) is 17.6. The Hall–Kier alpha value is -2.00. The number of nitrogens with one attached hydrogen (secondary N) is 1. The Morgan fingerprint density at radius 2 is 1.75 bits per heavy atom. The highest BCUT2D eigenvalue weighted by molar-refractivity contribution is 5.26. The molecule has 0 radical (unpaired) electrons. The van der Waals surface area contributed by atoms with E-state index in [9.17, 15) is 5.11 Å². The monoisotopic (exact) mass is 271 g/mol. The molecule has 0 aromatic heterocycles. The second-order valence-corrected chi connectivity index (χ2v) is 4.89. The van der Waals surface area contributed by atoms with Gasteiger partial charge in [-0.05, 0) is 43.2 Å². The number of rotatable bonds is 7. The van der Waals surface area contributed by atoms with E-state index in [0.717, 1.165) is 18.7 Å². The van der Waals surface area contributed by atoms with Crippen LogP contribution in [0.2, 0.25) is 0 Å². The number of hydrogen-bond acceptors (Lipinski definition) is 3.